The maximum Gasteiger partial charge on any atom is 0.235 e. The van der Waals surface area contributed by atoms with Gasteiger partial charge in [-0.05, 0) is 69.3 Å². The Morgan fingerprint density at radius 3 is 2.44 bits per heavy atom. The summed E-state index contributed by atoms with van der Waals surface area (Å²) in [5.74, 6) is 3.88. The van der Waals surface area contributed by atoms with Gasteiger partial charge in [0.2, 0.25) is 4.96 Å². The largest absolute Gasteiger partial charge is 0.235 e. The fraction of sp³-hybridized carbons (Fsp3) is 0.550. The third-order valence-corrected chi connectivity index (χ3v) is 7.72. The van der Waals surface area contributed by atoms with Crippen LogP contribution in [0, 0.1) is 24.7 Å². The van der Waals surface area contributed by atoms with Crippen LogP contribution < -0.4 is 0 Å². The molecule has 4 saturated carbocycles. The van der Waals surface area contributed by atoms with E-state index in [1.807, 2.05) is 0 Å². The van der Waals surface area contributed by atoms with E-state index in [1.54, 1.807) is 11.3 Å². The number of nitrogens with zero attached hydrogens (tertiary/aromatic N) is 4. The molecular weight excluding hydrogens is 328 g/mol. The number of benzene rings is 1. The van der Waals surface area contributed by atoms with Gasteiger partial charge in [-0.3, -0.25) is 0 Å². The Labute approximate surface area is 151 Å². The van der Waals surface area contributed by atoms with E-state index < -0.39 is 0 Å². The maximum atomic E-state index is 4.95. The zero-order valence-electron chi connectivity index (χ0n) is 14.5. The van der Waals surface area contributed by atoms with Crippen LogP contribution in [0.1, 0.15) is 49.9 Å². The molecule has 0 spiro atoms. The van der Waals surface area contributed by atoms with E-state index in [2.05, 4.69) is 45.9 Å². The molecular formula is C20H22N4S. The predicted octanol–water partition coefficient (Wildman–Crippen LogP) is 4.63. The molecule has 0 atom stereocenters. The lowest BCUT2D eigenvalue weighted by Crippen LogP contribution is -2.49. The lowest BCUT2D eigenvalue weighted by molar-refractivity contribution is -0.0103. The molecule has 0 unspecified atom stereocenters. The van der Waals surface area contributed by atoms with Gasteiger partial charge in [-0.25, -0.2) is 0 Å². The van der Waals surface area contributed by atoms with Crippen molar-refractivity contribution in [3.8, 4) is 10.6 Å². The molecule has 128 valence electrons. The third kappa shape index (κ3) is 2.08. The summed E-state index contributed by atoms with van der Waals surface area (Å²) in [5, 5.41) is 15.2. The number of aryl methyl sites for hydroxylation is 1. The molecule has 4 fully saturated rings. The van der Waals surface area contributed by atoms with Gasteiger partial charge in [0.1, 0.15) is 5.01 Å². The van der Waals surface area contributed by atoms with Crippen LogP contribution in [-0.4, -0.2) is 19.8 Å². The average Bonchev–Trinajstić information content (AvgIpc) is 3.13. The van der Waals surface area contributed by atoms with Gasteiger partial charge in [0.15, 0.2) is 5.82 Å². The first kappa shape index (κ1) is 14.4. The summed E-state index contributed by atoms with van der Waals surface area (Å²) in [6, 6.07) is 8.58. The first-order valence-corrected chi connectivity index (χ1v) is 10.3. The quantitative estimate of drug-likeness (QED) is 0.677. The first-order chi connectivity index (χ1) is 12.2. The minimum Gasteiger partial charge on any atom is -0.186 e. The molecule has 25 heavy (non-hydrogen) atoms. The molecule has 0 amide bonds. The Bertz CT molecular complexity index is 934. The van der Waals surface area contributed by atoms with Crippen molar-refractivity contribution in [2.45, 2.75) is 50.9 Å². The zero-order chi connectivity index (χ0) is 16.6. The first-order valence-electron chi connectivity index (χ1n) is 9.48. The van der Waals surface area contributed by atoms with E-state index >= 15 is 0 Å². The molecule has 7 rings (SSSR count). The Hall–Kier alpha value is -1.75. The van der Waals surface area contributed by atoms with E-state index in [0.717, 1.165) is 33.5 Å². The molecule has 5 heteroatoms. The lowest BCUT2D eigenvalue weighted by Gasteiger charge is -2.55. The summed E-state index contributed by atoms with van der Waals surface area (Å²) in [6.45, 7) is 2.13. The van der Waals surface area contributed by atoms with E-state index in [1.165, 1.54) is 49.7 Å². The van der Waals surface area contributed by atoms with Crippen molar-refractivity contribution >= 4 is 16.3 Å². The van der Waals surface area contributed by atoms with Crippen molar-refractivity contribution in [2.75, 3.05) is 0 Å². The molecule has 4 nitrogen and oxygen atoms in total. The summed E-state index contributed by atoms with van der Waals surface area (Å²) in [7, 11) is 0. The molecule has 2 aromatic heterocycles. The summed E-state index contributed by atoms with van der Waals surface area (Å²) in [5.41, 5.74) is 2.70. The van der Waals surface area contributed by atoms with Crippen LogP contribution in [0.3, 0.4) is 0 Å². The average molecular weight is 350 g/mol. The molecule has 0 N–H and O–H groups in total. The Morgan fingerprint density at radius 2 is 1.76 bits per heavy atom. The second-order valence-corrected chi connectivity index (χ2v) is 9.65. The summed E-state index contributed by atoms with van der Waals surface area (Å²) in [4.78, 5) is 0.947. The SMILES string of the molecule is Cc1cccc(-c2nn3c(C45CC6CC(CC(C6)C4)C5)nnc3s2)c1. The van der Waals surface area contributed by atoms with Gasteiger partial charge < -0.3 is 0 Å². The molecule has 0 aliphatic heterocycles. The molecule has 0 saturated heterocycles. The van der Waals surface area contributed by atoms with Crippen molar-refractivity contribution in [3.63, 3.8) is 0 Å². The van der Waals surface area contributed by atoms with Crippen LogP contribution in [0.25, 0.3) is 15.5 Å². The molecule has 4 bridgehead atoms. The second-order valence-electron chi connectivity index (χ2n) is 8.69. The number of rotatable bonds is 2. The highest BCUT2D eigenvalue weighted by molar-refractivity contribution is 7.19. The smallest absolute Gasteiger partial charge is 0.186 e. The number of aromatic nitrogens is 4. The minimum atomic E-state index is 0.242. The van der Waals surface area contributed by atoms with Gasteiger partial charge in [0, 0.05) is 11.0 Å². The predicted molar refractivity (Wildman–Crippen MR) is 98.7 cm³/mol. The van der Waals surface area contributed by atoms with E-state index in [4.69, 9.17) is 5.10 Å². The van der Waals surface area contributed by atoms with Crippen LogP contribution in [-0.2, 0) is 5.41 Å². The van der Waals surface area contributed by atoms with Crippen molar-refractivity contribution in [3.05, 3.63) is 35.7 Å². The van der Waals surface area contributed by atoms with Gasteiger partial charge in [0.25, 0.3) is 0 Å². The van der Waals surface area contributed by atoms with Crippen LogP contribution in [0.15, 0.2) is 24.3 Å². The van der Waals surface area contributed by atoms with Crippen molar-refractivity contribution in [1.82, 2.24) is 19.8 Å². The van der Waals surface area contributed by atoms with Gasteiger partial charge in [0.05, 0.1) is 0 Å². The van der Waals surface area contributed by atoms with E-state index in [-0.39, 0.29) is 5.41 Å². The van der Waals surface area contributed by atoms with Crippen LogP contribution in [0.5, 0.6) is 0 Å². The van der Waals surface area contributed by atoms with Crippen LogP contribution >= 0.6 is 11.3 Å². The second kappa shape index (κ2) is 4.91. The maximum absolute atomic E-state index is 4.95. The molecule has 3 aromatic rings. The summed E-state index contributed by atoms with van der Waals surface area (Å²) < 4.78 is 2.08. The van der Waals surface area contributed by atoms with Crippen molar-refractivity contribution in [1.29, 1.82) is 0 Å². The number of hydrogen-bond acceptors (Lipinski definition) is 4. The fourth-order valence-electron chi connectivity index (χ4n) is 6.23. The molecule has 2 heterocycles. The number of fused-ring (bicyclic) bond motifs is 1. The summed E-state index contributed by atoms with van der Waals surface area (Å²) >= 11 is 1.66. The summed E-state index contributed by atoms with van der Waals surface area (Å²) in [6.07, 6.45) is 8.26. The standard InChI is InChI=1S/C20H22N4S/c1-12-3-2-4-16(5-12)17-23-24-18(21-22-19(24)25-17)20-9-13-6-14(10-20)8-15(7-13)11-20/h2-5,13-15H,6-11H2,1H3. The fourth-order valence-corrected chi connectivity index (χ4v) is 7.06. The van der Waals surface area contributed by atoms with Crippen LogP contribution in [0.2, 0.25) is 0 Å². The van der Waals surface area contributed by atoms with Crippen LogP contribution in [0.4, 0.5) is 0 Å². The highest BCUT2D eigenvalue weighted by Crippen LogP contribution is 2.60. The Kier molecular flexibility index (Phi) is 2.83. The van der Waals surface area contributed by atoms with Gasteiger partial charge >= 0.3 is 0 Å². The molecule has 0 radical (unpaired) electrons. The van der Waals surface area contributed by atoms with Crippen molar-refractivity contribution in [2.24, 2.45) is 17.8 Å². The zero-order valence-corrected chi connectivity index (χ0v) is 15.3. The highest BCUT2D eigenvalue weighted by atomic mass is 32.1. The van der Waals surface area contributed by atoms with Gasteiger partial charge in [-0.1, -0.05) is 35.1 Å². The normalized spacial score (nSPS) is 33.4. The molecule has 4 aliphatic rings. The monoisotopic (exact) mass is 350 g/mol. The molecule has 1 aromatic carbocycles. The van der Waals surface area contributed by atoms with Gasteiger partial charge in [-0.15, -0.1) is 10.2 Å². The topological polar surface area (TPSA) is 43.1 Å². The van der Waals surface area contributed by atoms with Crippen molar-refractivity contribution < 1.29 is 0 Å². The Balaban J connectivity index is 1.47. The number of hydrogen-bond donors (Lipinski definition) is 0. The van der Waals surface area contributed by atoms with E-state index in [0.29, 0.717) is 0 Å². The molecule has 4 aliphatic carbocycles. The van der Waals surface area contributed by atoms with Gasteiger partial charge in [-0.2, -0.15) is 9.61 Å². The minimum absolute atomic E-state index is 0.242. The van der Waals surface area contributed by atoms with E-state index in [9.17, 15) is 0 Å². The Morgan fingerprint density at radius 1 is 1.04 bits per heavy atom. The highest BCUT2D eigenvalue weighted by Gasteiger charge is 2.54. The lowest BCUT2D eigenvalue weighted by atomic mass is 9.49. The third-order valence-electron chi connectivity index (χ3n) is 6.77.